The summed E-state index contributed by atoms with van der Waals surface area (Å²) in [6.45, 7) is 6.72. The van der Waals surface area contributed by atoms with Crippen LogP contribution in [0.15, 0.2) is 62.1 Å². The second-order valence-corrected chi connectivity index (χ2v) is 11.0. The van der Waals surface area contributed by atoms with Crippen LogP contribution in [0.3, 0.4) is 0 Å². The molecule has 4 aromatic rings. The van der Waals surface area contributed by atoms with Gasteiger partial charge in [0.2, 0.25) is 21.8 Å². The van der Waals surface area contributed by atoms with Gasteiger partial charge >= 0.3 is 0 Å². The summed E-state index contributed by atoms with van der Waals surface area (Å²) in [6.07, 6.45) is 0. The fourth-order valence-corrected chi connectivity index (χ4v) is 5.55. The summed E-state index contributed by atoms with van der Waals surface area (Å²) < 4.78 is 4.11. The Bertz CT molecular complexity index is 1700. The zero-order chi connectivity index (χ0) is 29.4. The van der Waals surface area contributed by atoms with Crippen molar-refractivity contribution in [2.24, 2.45) is 25.7 Å². The van der Waals surface area contributed by atoms with Gasteiger partial charge in [-0.3, -0.25) is 9.13 Å². The number of thiazole rings is 2. The third kappa shape index (κ3) is 8.47. The van der Waals surface area contributed by atoms with E-state index in [4.69, 9.17) is 24.4 Å². The average Bonchev–Trinajstić information content (AvgIpc) is 3.36. The minimum atomic E-state index is -0.117. The predicted octanol–water partition coefficient (Wildman–Crippen LogP) is 8.65. The maximum Gasteiger partial charge on any atom is 0.232 e. The molecular formula is C23H24CoN8O5S4. The summed E-state index contributed by atoms with van der Waals surface area (Å²) in [5.74, 6) is -0.131. The summed E-state index contributed by atoms with van der Waals surface area (Å²) in [5.41, 5.74) is 4.02. The number of azo groups is 2. The zero-order valence-electron chi connectivity index (χ0n) is 21.7. The van der Waals surface area contributed by atoms with Gasteiger partial charge in [-0.05, 0) is 81.1 Å². The summed E-state index contributed by atoms with van der Waals surface area (Å²) in [5, 5.41) is 57.9. The van der Waals surface area contributed by atoms with Crippen LogP contribution in [0.5, 0.6) is 23.3 Å². The first kappa shape index (κ1) is 33.7. The van der Waals surface area contributed by atoms with Crippen molar-refractivity contribution in [1.29, 1.82) is 0 Å². The zero-order valence-corrected chi connectivity index (χ0v) is 26.0. The molecule has 0 fully saturated rings. The van der Waals surface area contributed by atoms with Gasteiger partial charge in [0.05, 0.1) is 11.0 Å². The van der Waals surface area contributed by atoms with Crippen LogP contribution in [-0.2, 0) is 29.9 Å². The van der Waals surface area contributed by atoms with Gasteiger partial charge in [-0.15, -0.1) is 25.4 Å². The molecule has 0 spiro atoms. The number of hydrogen-bond donors (Lipinski definition) is 5. The number of benzene rings is 2. The minimum Gasteiger partial charge on any atom is -0.506 e. The van der Waals surface area contributed by atoms with Crippen molar-refractivity contribution in [3.05, 3.63) is 54.8 Å². The van der Waals surface area contributed by atoms with E-state index in [1.54, 1.807) is 22.8 Å². The molecule has 0 atom stereocenters. The number of anilines is 1. The molecule has 0 bridgehead atoms. The normalized spacial score (nSPS) is 10.8. The topological polar surface area (TPSA) is 182 Å². The number of nitrogens with zero attached hydrogens (tertiary/aromatic N) is 7. The molecule has 4 rings (SSSR count). The number of nitroso groups, excluding NO2 is 1. The number of phenolic OH excluding ortho intramolecular Hbond substituents is 2. The summed E-state index contributed by atoms with van der Waals surface area (Å²) in [4.78, 5) is 10.1. The van der Waals surface area contributed by atoms with Crippen LogP contribution in [0.4, 0.5) is 27.1 Å². The van der Waals surface area contributed by atoms with E-state index < -0.39 is 0 Å². The van der Waals surface area contributed by atoms with Crippen molar-refractivity contribution in [2.45, 2.75) is 33.9 Å². The first-order valence-corrected chi connectivity index (χ1v) is 13.9. The number of aryl methyl sites for hydroxylation is 1. The van der Waals surface area contributed by atoms with Gasteiger partial charge in [0.15, 0.2) is 7.91 Å². The molecule has 0 saturated carbocycles. The first-order chi connectivity index (χ1) is 19.1. The molecule has 0 aliphatic rings. The Balaban J connectivity index is 0.000000281. The molecule has 0 amide bonds. The Hall–Kier alpha value is -3.55. The molecule has 0 aliphatic heterocycles. The van der Waals surface area contributed by atoms with Gasteiger partial charge in [-0.2, -0.15) is 0 Å². The molecule has 2 aromatic heterocycles. The summed E-state index contributed by atoms with van der Waals surface area (Å²) in [7, 11) is 0. The Labute approximate surface area is 262 Å². The Morgan fingerprint density at radius 2 is 1.24 bits per heavy atom. The van der Waals surface area contributed by atoms with Gasteiger partial charge < -0.3 is 20.4 Å². The second-order valence-electron chi connectivity index (χ2n) is 7.78. The molecule has 0 unspecified atom stereocenters. The number of nitrogens with one attached hydrogen (secondary N) is 1. The molecule has 5 N–H and O–H groups in total. The van der Waals surface area contributed by atoms with E-state index in [2.05, 4.69) is 31.2 Å². The second kappa shape index (κ2) is 15.4. The third-order valence-corrected chi connectivity index (χ3v) is 7.76. The minimum absolute atomic E-state index is 0. The van der Waals surface area contributed by atoms with E-state index in [-0.39, 0.29) is 50.7 Å². The van der Waals surface area contributed by atoms with Gasteiger partial charge in [-0.25, -0.2) is 5.43 Å². The summed E-state index contributed by atoms with van der Waals surface area (Å²) >= 11 is 12.5. The Morgan fingerprint density at radius 3 is 1.68 bits per heavy atom. The SMILES string of the molecule is CCn1c(O)c(N=Nc2cc(C)ccc2O)sc1=S.CCn1c(O)c(N=Nc2cc(NN=O)ccc2O)sc1=S.[Co]. The molecule has 219 valence electrons. The van der Waals surface area contributed by atoms with Crippen LogP contribution >= 0.6 is 47.1 Å². The molecule has 13 nitrogen and oxygen atoms in total. The molecular weight excluding hydrogens is 656 g/mol. The molecule has 41 heavy (non-hydrogen) atoms. The number of phenols is 2. The van der Waals surface area contributed by atoms with Crippen LogP contribution < -0.4 is 5.43 Å². The van der Waals surface area contributed by atoms with Gasteiger partial charge in [0.1, 0.15) is 22.9 Å². The van der Waals surface area contributed by atoms with E-state index in [9.17, 15) is 25.3 Å². The fourth-order valence-electron chi connectivity index (χ4n) is 3.10. The fraction of sp³-hybridized carbons (Fsp3) is 0.217. The molecule has 0 aliphatic carbocycles. The van der Waals surface area contributed by atoms with E-state index in [0.717, 1.165) is 16.9 Å². The molecule has 18 heteroatoms. The van der Waals surface area contributed by atoms with E-state index in [1.165, 1.54) is 34.1 Å². The molecule has 2 aromatic carbocycles. The maximum absolute atomic E-state index is 10.1. The Morgan fingerprint density at radius 1 is 0.780 bits per heavy atom. The monoisotopic (exact) mass is 679 g/mol. The number of hydrogen-bond acceptors (Lipinski definition) is 14. The first-order valence-electron chi connectivity index (χ1n) is 11.5. The van der Waals surface area contributed by atoms with Crippen molar-refractivity contribution >= 4 is 74.2 Å². The van der Waals surface area contributed by atoms with Crippen molar-refractivity contribution in [2.75, 3.05) is 5.43 Å². The number of aromatic nitrogens is 2. The average molecular weight is 680 g/mol. The van der Waals surface area contributed by atoms with Crippen molar-refractivity contribution in [3.63, 3.8) is 0 Å². The van der Waals surface area contributed by atoms with Gasteiger partial charge in [0, 0.05) is 29.9 Å². The summed E-state index contributed by atoms with van der Waals surface area (Å²) in [6, 6.07) is 9.26. The predicted molar refractivity (Wildman–Crippen MR) is 160 cm³/mol. The van der Waals surface area contributed by atoms with E-state index in [0.29, 0.717) is 37.4 Å². The third-order valence-electron chi connectivity index (χ3n) is 5.11. The quantitative estimate of drug-likeness (QED) is 0.0403. The standard InChI is InChI=1S/C12H13N3O2S2.C11H11N5O3S2.Co/c1-3-15-11(17)10(19-12(15)18)14-13-8-6-7(2)4-5-9(8)16;1-2-16-10(18)9(21-11(16)20)14-13-7-5-6(12-15-19)3-4-8(7)17;/h4-6,16-17H,3H2,1-2H3;3-5,17-18H,2H2,1H3,(H,12,19);. The van der Waals surface area contributed by atoms with E-state index >= 15 is 0 Å². The molecule has 0 saturated heterocycles. The van der Waals surface area contributed by atoms with E-state index in [1.807, 2.05) is 20.8 Å². The largest absolute Gasteiger partial charge is 0.506 e. The van der Waals surface area contributed by atoms with Gasteiger partial charge in [0.25, 0.3) is 0 Å². The van der Waals surface area contributed by atoms with Crippen LogP contribution in [0.1, 0.15) is 19.4 Å². The van der Waals surface area contributed by atoms with Gasteiger partial charge in [-0.1, -0.05) is 28.7 Å². The van der Waals surface area contributed by atoms with Crippen molar-refractivity contribution < 1.29 is 37.2 Å². The smallest absolute Gasteiger partial charge is 0.232 e. The van der Waals surface area contributed by atoms with Crippen LogP contribution in [0.25, 0.3) is 0 Å². The number of aromatic hydroxyl groups is 4. The molecule has 1 radical (unpaired) electrons. The van der Waals surface area contributed by atoms with Crippen molar-refractivity contribution in [1.82, 2.24) is 9.13 Å². The van der Waals surface area contributed by atoms with Crippen molar-refractivity contribution in [3.8, 4) is 23.3 Å². The van der Waals surface area contributed by atoms with Crippen LogP contribution in [0.2, 0.25) is 0 Å². The molecule has 2 heterocycles. The Kier molecular flexibility index (Phi) is 12.7. The number of rotatable bonds is 8. The van der Waals surface area contributed by atoms with Crippen LogP contribution in [0, 0.1) is 19.7 Å². The van der Waals surface area contributed by atoms with Crippen LogP contribution in [-0.4, -0.2) is 29.6 Å². The maximum atomic E-state index is 10.1.